The summed E-state index contributed by atoms with van der Waals surface area (Å²) in [5.41, 5.74) is 1.76. The van der Waals surface area contributed by atoms with Crippen LogP contribution in [0.2, 0.25) is 5.02 Å². The van der Waals surface area contributed by atoms with Gasteiger partial charge in [-0.2, -0.15) is 5.10 Å². The normalized spacial score (nSPS) is 16.7. The summed E-state index contributed by atoms with van der Waals surface area (Å²) in [7, 11) is 5.18. The molecule has 2 aromatic rings. The molecule has 1 aromatic carbocycles. The predicted octanol–water partition coefficient (Wildman–Crippen LogP) is 2.14. The highest BCUT2D eigenvalue weighted by molar-refractivity contribution is 6.32. The fourth-order valence-electron chi connectivity index (χ4n) is 3.27. The molecule has 0 N–H and O–H groups in total. The molecule has 2 amide bonds. The molecule has 1 atom stereocenters. The zero-order valence-corrected chi connectivity index (χ0v) is 16.4. The van der Waals surface area contributed by atoms with Gasteiger partial charge >= 0.3 is 0 Å². The van der Waals surface area contributed by atoms with E-state index in [0.29, 0.717) is 29.5 Å². The Bertz CT molecular complexity index is 851. The smallest absolute Gasteiger partial charge is 0.227 e. The Morgan fingerprint density at radius 3 is 2.85 bits per heavy atom. The van der Waals surface area contributed by atoms with E-state index in [0.717, 1.165) is 12.0 Å². The molecule has 8 heteroatoms. The zero-order valence-electron chi connectivity index (χ0n) is 15.7. The van der Waals surface area contributed by atoms with Crippen LogP contribution in [0.4, 0.5) is 5.69 Å². The maximum atomic E-state index is 12.7. The molecule has 0 spiro atoms. The summed E-state index contributed by atoms with van der Waals surface area (Å²) in [6.45, 7) is 0.946. The van der Waals surface area contributed by atoms with E-state index < -0.39 is 0 Å². The Hall–Kier alpha value is -2.54. The van der Waals surface area contributed by atoms with Crippen molar-refractivity contribution in [2.75, 3.05) is 32.1 Å². The number of hydrogen-bond acceptors (Lipinski definition) is 4. The molecule has 3 rings (SSSR count). The summed E-state index contributed by atoms with van der Waals surface area (Å²) >= 11 is 6.16. The van der Waals surface area contributed by atoms with Crippen LogP contribution in [0.3, 0.4) is 0 Å². The number of aromatic nitrogens is 2. The minimum atomic E-state index is -0.350. The number of rotatable bonds is 6. The highest BCUT2D eigenvalue weighted by Gasteiger charge is 2.36. The largest absolute Gasteiger partial charge is 0.495 e. The van der Waals surface area contributed by atoms with Crippen LogP contribution in [0, 0.1) is 5.92 Å². The van der Waals surface area contributed by atoms with Crippen LogP contribution in [-0.4, -0.2) is 53.7 Å². The molecule has 0 unspecified atom stereocenters. The molecule has 2 heterocycles. The molecule has 1 saturated heterocycles. The molecular formula is C19H23ClN4O3. The molecule has 0 saturated carbocycles. The van der Waals surface area contributed by atoms with Crippen LogP contribution in [0.5, 0.6) is 5.75 Å². The van der Waals surface area contributed by atoms with Gasteiger partial charge in [0.15, 0.2) is 0 Å². The van der Waals surface area contributed by atoms with Crippen LogP contribution in [0.1, 0.15) is 12.0 Å². The summed E-state index contributed by atoms with van der Waals surface area (Å²) in [4.78, 5) is 28.5. The number of likely N-dealkylation sites (N-methyl/N-ethyl adjacent to an activating group) is 1. The van der Waals surface area contributed by atoms with Gasteiger partial charge in [-0.1, -0.05) is 11.6 Å². The lowest BCUT2D eigenvalue weighted by molar-refractivity contribution is -0.134. The number of nitrogens with zero attached hydrogens (tertiary/aromatic N) is 4. The average Bonchev–Trinajstić information content (AvgIpc) is 3.24. The summed E-state index contributed by atoms with van der Waals surface area (Å²) in [5, 5.41) is 4.57. The molecule has 1 aliphatic rings. The number of amides is 2. The highest BCUT2D eigenvalue weighted by atomic mass is 35.5. The van der Waals surface area contributed by atoms with Crippen molar-refractivity contribution in [1.29, 1.82) is 0 Å². The van der Waals surface area contributed by atoms with E-state index in [4.69, 9.17) is 16.3 Å². The van der Waals surface area contributed by atoms with Gasteiger partial charge in [-0.3, -0.25) is 14.3 Å². The number of hydrogen-bond donors (Lipinski definition) is 0. The lowest BCUT2D eigenvalue weighted by Gasteiger charge is -2.21. The first-order chi connectivity index (χ1) is 12.9. The summed E-state index contributed by atoms with van der Waals surface area (Å²) < 4.78 is 6.88. The van der Waals surface area contributed by atoms with E-state index in [2.05, 4.69) is 5.10 Å². The van der Waals surface area contributed by atoms with Crippen LogP contribution < -0.4 is 9.64 Å². The van der Waals surface area contributed by atoms with E-state index in [1.54, 1.807) is 45.9 Å². The fraction of sp³-hybridized carbons (Fsp3) is 0.421. The Morgan fingerprint density at radius 2 is 2.22 bits per heavy atom. The van der Waals surface area contributed by atoms with Crippen molar-refractivity contribution in [3.8, 4) is 5.75 Å². The van der Waals surface area contributed by atoms with Gasteiger partial charge in [-0.25, -0.2) is 0 Å². The number of aryl methyl sites for hydroxylation is 1. The fourth-order valence-corrected chi connectivity index (χ4v) is 3.52. The van der Waals surface area contributed by atoms with Crippen molar-refractivity contribution in [3.05, 3.63) is 41.2 Å². The zero-order chi connectivity index (χ0) is 19.6. The van der Waals surface area contributed by atoms with Crippen molar-refractivity contribution in [2.24, 2.45) is 13.0 Å². The average molecular weight is 391 g/mol. The number of benzene rings is 1. The van der Waals surface area contributed by atoms with Crippen LogP contribution in [-0.2, 0) is 23.1 Å². The second kappa shape index (κ2) is 8.00. The summed E-state index contributed by atoms with van der Waals surface area (Å²) in [6.07, 6.45) is 4.67. The number of carbonyl (C=O) groups is 2. The first-order valence-corrected chi connectivity index (χ1v) is 9.13. The van der Waals surface area contributed by atoms with E-state index >= 15 is 0 Å². The van der Waals surface area contributed by atoms with Crippen LogP contribution in [0.15, 0.2) is 30.6 Å². The topological polar surface area (TPSA) is 67.7 Å². The molecule has 1 aromatic heterocycles. The maximum absolute atomic E-state index is 12.7. The second-order valence-electron chi connectivity index (χ2n) is 6.76. The number of carbonyl (C=O) groups excluding carboxylic acids is 2. The highest BCUT2D eigenvalue weighted by Crippen LogP contribution is 2.32. The van der Waals surface area contributed by atoms with E-state index in [-0.39, 0.29) is 24.2 Å². The van der Waals surface area contributed by atoms with Crippen molar-refractivity contribution in [1.82, 2.24) is 14.7 Å². The molecule has 0 aliphatic carbocycles. The molecule has 1 aliphatic heterocycles. The van der Waals surface area contributed by atoms with Crippen molar-refractivity contribution < 1.29 is 14.3 Å². The third-order valence-electron chi connectivity index (χ3n) is 4.79. The van der Waals surface area contributed by atoms with Gasteiger partial charge in [0.1, 0.15) is 5.75 Å². The third kappa shape index (κ3) is 4.24. The molecule has 144 valence electrons. The Morgan fingerprint density at radius 1 is 1.44 bits per heavy atom. The van der Waals surface area contributed by atoms with Crippen molar-refractivity contribution in [2.45, 2.75) is 12.8 Å². The lowest BCUT2D eigenvalue weighted by Crippen LogP contribution is -2.35. The standard InChI is InChI=1S/C19H23ClN4O3/c1-22(7-6-13-10-21-23(2)11-13)19(26)14-8-18(25)24(12-14)15-4-5-17(27-3)16(20)9-15/h4-5,9-11,14H,6-8,12H2,1-3H3/t14-/m0/s1. The van der Waals surface area contributed by atoms with Gasteiger partial charge in [0.2, 0.25) is 11.8 Å². The second-order valence-corrected chi connectivity index (χ2v) is 7.16. The van der Waals surface area contributed by atoms with Crippen molar-refractivity contribution >= 4 is 29.1 Å². The van der Waals surface area contributed by atoms with E-state index in [9.17, 15) is 9.59 Å². The number of ether oxygens (including phenoxy) is 1. The monoisotopic (exact) mass is 390 g/mol. The predicted molar refractivity (Wildman–Crippen MR) is 103 cm³/mol. The maximum Gasteiger partial charge on any atom is 0.227 e. The third-order valence-corrected chi connectivity index (χ3v) is 5.09. The molecule has 1 fully saturated rings. The van der Waals surface area contributed by atoms with Gasteiger partial charge in [0.05, 0.1) is 24.2 Å². The van der Waals surface area contributed by atoms with Gasteiger partial charge in [-0.05, 0) is 30.2 Å². The summed E-state index contributed by atoms with van der Waals surface area (Å²) in [5.74, 6) is 0.108. The van der Waals surface area contributed by atoms with Gasteiger partial charge < -0.3 is 14.5 Å². The molecule has 0 bridgehead atoms. The molecule has 27 heavy (non-hydrogen) atoms. The SMILES string of the molecule is COc1ccc(N2C[C@@H](C(=O)N(C)CCc3cnn(C)c3)CC2=O)cc1Cl. The minimum Gasteiger partial charge on any atom is -0.495 e. The van der Waals surface area contributed by atoms with Crippen LogP contribution in [0.25, 0.3) is 0 Å². The molecule has 7 nitrogen and oxygen atoms in total. The van der Waals surface area contributed by atoms with Gasteiger partial charge in [0, 0.05) is 45.5 Å². The number of halogens is 1. The summed E-state index contributed by atoms with van der Waals surface area (Å²) in [6, 6.07) is 5.19. The van der Waals surface area contributed by atoms with Gasteiger partial charge in [0.25, 0.3) is 0 Å². The Labute approximate surface area is 163 Å². The van der Waals surface area contributed by atoms with Gasteiger partial charge in [-0.15, -0.1) is 0 Å². The lowest BCUT2D eigenvalue weighted by atomic mass is 10.1. The quantitative estimate of drug-likeness (QED) is 0.757. The van der Waals surface area contributed by atoms with Crippen molar-refractivity contribution in [3.63, 3.8) is 0 Å². The molecule has 0 radical (unpaired) electrons. The minimum absolute atomic E-state index is 0.0191. The number of anilines is 1. The number of methoxy groups -OCH3 is 1. The first-order valence-electron chi connectivity index (χ1n) is 8.75. The Kier molecular flexibility index (Phi) is 5.70. The van der Waals surface area contributed by atoms with E-state index in [1.165, 1.54) is 7.11 Å². The Balaban J connectivity index is 1.62. The van der Waals surface area contributed by atoms with Crippen LogP contribution >= 0.6 is 11.6 Å². The first kappa shape index (κ1) is 19.2. The van der Waals surface area contributed by atoms with E-state index in [1.807, 2.05) is 13.2 Å². The molecular weight excluding hydrogens is 368 g/mol.